The van der Waals surface area contributed by atoms with E-state index in [9.17, 15) is 4.79 Å². The summed E-state index contributed by atoms with van der Waals surface area (Å²) in [6.45, 7) is 0. The number of oxazole rings is 1. The number of nitrogens with one attached hydrogen (secondary N) is 1. The maximum absolute atomic E-state index is 10.8. The van der Waals surface area contributed by atoms with Crippen molar-refractivity contribution in [1.82, 2.24) is 4.98 Å². The first kappa shape index (κ1) is 8.83. The maximum atomic E-state index is 10.8. The van der Waals surface area contributed by atoms with Crippen LogP contribution in [-0.4, -0.2) is 15.4 Å². The largest absolute Gasteiger partial charge is 0.417 e. The van der Waals surface area contributed by atoms with Crippen LogP contribution in [0.25, 0.3) is 11.1 Å². The summed E-state index contributed by atoms with van der Waals surface area (Å²) in [5.41, 5.74) is 1.42. The number of rotatable bonds is 1. The van der Waals surface area contributed by atoms with E-state index in [4.69, 9.17) is 21.2 Å². The third-order valence-electron chi connectivity index (χ3n) is 1.75. The molecule has 0 radical (unpaired) electrons. The number of oxime groups is 1. The van der Waals surface area contributed by atoms with Crippen LogP contribution in [0.2, 0.25) is 0 Å². The Labute approximate surface area is 82.6 Å². The Balaban J connectivity index is 2.67. The first-order valence-electron chi connectivity index (χ1n) is 3.71. The van der Waals surface area contributed by atoms with Crippen LogP contribution in [-0.2, 0) is 0 Å². The summed E-state index contributed by atoms with van der Waals surface area (Å²) in [5.74, 6) is -0.533. The maximum Gasteiger partial charge on any atom is 0.417 e. The molecule has 14 heavy (non-hydrogen) atoms. The zero-order valence-corrected chi connectivity index (χ0v) is 7.58. The van der Waals surface area contributed by atoms with Gasteiger partial charge >= 0.3 is 5.76 Å². The zero-order valence-electron chi connectivity index (χ0n) is 6.82. The second kappa shape index (κ2) is 3.19. The highest BCUT2D eigenvalue weighted by Gasteiger charge is 2.05. The van der Waals surface area contributed by atoms with E-state index in [2.05, 4.69) is 10.1 Å². The SMILES string of the molecule is O=c1[nH]c2ccc(/C(Cl)=N\O)cc2o1. The van der Waals surface area contributed by atoms with Gasteiger partial charge in [-0.1, -0.05) is 16.8 Å². The first-order chi connectivity index (χ1) is 6.70. The van der Waals surface area contributed by atoms with Crippen LogP contribution in [0.15, 0.2) is 32.6 Å². The Hall–Kier alpha value is -1.75. The van der Waals surface area contributed by atoms with Gasteiger partial charge in [-0.2, -0.15) is 0 Å². The van der Waals surface area contributed by atoms with Gasteiger partial charge < -0.3 is 9.62 Å². The second-order valence-corrected chi connectivity index (χ2v) is 2.97. The Morgan fingerprint density at radius 3 is 3.07 bits per heavy atom. The summed E-state index contributed by atoms with van der Waals surface area (Å²) < 4.78 is 4.80. The van der Waals surface area contributed by atoms with Crippen LogP contribution < -0.4 is 5.76 Å². The fourth-order valence-electron chi connectivity index (χ4n) is 1.13. The average molecular weight is 213 g/mol. The molecule has 0 saturated heterocycles. The van der Waals surface area contributed by atoms with Crippen LogP contribution in [0.4, 0.5) is 0 Å². The molecule has 2 rings (SSSR count). The van der Waals surface area contributed by atoms with Crippen molar-refractivity contribution in [1.29, 1.82) is 0 Å². The molecule has 5 nitrogen and oxygen atoms in total. The minimum Gasteiger partial charge on any atom is -0.410 e. The lowest BCUT2D eigenvalue weighted by Gasteiger charge is -1.94. The predicted molar refractivity (Wildman–Crippen MR) is 51.0 cm³/mol. The van der Waals surface area contributed by atoms with Gasteiger partial charge in [0, 0.05) is 5.56 Å². The average Bonchev–Trinajstić information content (AvgIpc) is 2.55. The number of aromatic nitrogens is 1. The van der Waals surface area contributed by atoms with Crippen molar-refractivity contribution in [3.63, 3.8) is 0 Å². The summed E-state index contributed by atoms with van der Waals surface area (Å²) in [6.07, 6.45) is 0. The van der Waals surface area contributed by atoms with Gasteiger partial charge in [0.05, 0.1) is 5.52 Å². The van der Waals surface area contributed by atoms with Crippen LogP contribution in [0.3, 0.4) is 0 Å². The fourth-order valence-corrected chi connectivity index (χ4v) is 1.25. The summed E-state index contributed by atoms with van der Waals surface area (Å²) >= 11 is 5.57. The quantitative estimate of drug-likeness (QED) is 0.427. The Kier molecular flexibility index (Phi) is 2.01. The molecule has 0 saturated carbocycles. The van der Waals surface area contributed by atoms with Gasteiger partial charge in [-0.05, 0) is 18.2 Å². The molecule has 0 amide bonds. The van der Waals surface area contributed by atoms with Crippen molar-refractivity contribution in [2.75, 3.05) is 0 Å². The second-order valence-electron chi connectivity index (χ2n) is 2.62. The van der Waals surface area contributed by atoms with Gasteiger partial charge in [0.1, 0.15) is 0 Å². The van der Waals surface area contributed by atoms with Crippen molar-refractivity contribution < 1.29 is 9.62 Å². The molecule has 0 aliphatic carbocycles. The van der Waals surface area contributed by atoms with Crippen LogP contribution in [0, 0.1) is 0 Å². The molecule has 1 aromatic heterocycles. The lowest BCUT2D eigenvalue weighted by Crippen LogP contribution is -1.92. The summed E-state index contributed by atoms with van der Waals surface area (Å²) in [4.78, 5) is 13.3. The number of hydrogen-bond acceptors (Lipinski definition) is 4. The number of aromatic amines is 1. The third-order valence-corrected chi connectivity index (χ3v) is 2.04. The monoisotopic (exact) mass is 212 g/mol. The molecule has 0 unspecified atom stereocenters. The number of H-pyrrole nitrogens is 1. The fraction of sp³-hybridized carbons (Fsp3) is 0. The van der Waals surface area contributed by atoms with Crippen molar-refractivity contribution in [3.8, 4) is 0 Å². The van der Waals surface area contributed by atoms with Gasteiger partial charge in [0.15, 0.2) is 10.8 Å². The normalized spacial score (nSPS) is 12.2. The van der Waals surface area contributed by atoms with E-state index < -0.39 is 5.76 Å². The number of fused-ring (bicyclic) bond motifs is 1. The minimum absolute atomic E-state index is 0.0595. The van der Waals surface area contributed by atoms with E-state index >= 15 is 0 Å². The van der Waals surface area contributed by atoms with E-state index in [1.807, 2.05) is 0 Å². The van der Waals surface area contributed by atoms with Crippen molar-refractivity contribution in [2.45, 2.75) is 0 Å². The molecule has 2 N–H and O–H groups in total. The molecule has 0 atom stereocenters. The van der Waals surface area contributed by atoms with Gasteiger partial charge in [-0.25, -0.2) is 4.79 Å². The highest BCUT2D eigenvalue weighted by molar-refractivity contribution is 6.69. The summed E-state index contributed by atoms with van der Waals surface area (Å²) in [7, 11) is 0. The summed E-state index contributed by atoms with van der Waals surface area (Å²) in [6, 6.07) is 4.73. The molecule has 1 aromatic carbocycles. The molecule has 2 aromatic rings. The zero-order chi connectivity index (χ0) is 10.1. The topological polar surface area (TPSA) is 78.6 Å². The summed E-state index contributed by atoms with van der Waals surface area (Å²) in [5, 5.41) is 11.2. The standard InChI is InChI=1S/C8H5ClN2O3/c9-7(11-13)4-1-2-5-6(3-4)14-8(12)10-5/h1-3,13H,(H,10,12)/b11-7+. The van der Waals surface area contributed by atoms with Crippen LogP contribution in [0.5, 0.6) is 0 Å². The van der Waals surface area contributed by atoms with E-state index in [1.165, 1.54) is 6.07 Å². The van der Waals surface area contributed by atoms with Gasteiger partial charge in [0.2, 0.25) is 0 Å². The molecular weight excluding hydrogens is 208 g/mol. The molecular formula is C8H5ClN2O3. The Morgan fingerprint density at radius 1 is 1.57 bits per heavy atom. The number of halogens is 1. The lowest BCUT2D eigenvalue weighted by atomic mass is 10.2. The Bertz CT molecular complexity index is 555. The van der Waals surface area contributed by atoms with Crippen molar-refractivity contribution in [3.05, 3.63) is 34.3 Å². The molecule has 6 heteroatoms. The van der Waals surface area contributed by atoms with E-state index in [-0.39, 0.29) is 5.17 Å². The van der Waals surface area contributed by atoms with Gasteiger partial charge in [-0.3, -0.25) is 4.98 Å². The van der Waals surface area contributed by atoms with Crippen molar-refractivity contribution in [2.24, 2.45) is 5.16 Å². The lowest BCUT2D eigenvalue weighted by molar-refractivity contribution is 0.321. The minimum atomic E-state index is -0.533. The molecule has 0 fully saturated rings. The highest BCUT2D eigenvalue weighted by atomic mass is 35.5. The van der Waals surface area contributed by atoms with E-state index in [0.29, 0.717) is 16.7 Å². The third kappa shape index (κ3) is 1.38. The smallest absolute Gasteiger partial charge is 0.410 e. The number of benzene rings is 1. The van der Waals surface area contributed by atoms with Crippen molar-refractivity contribution >= 4 is 27.9 Å². The molecule has 0 aliphatic heterocycles. The number of nitrogens with zero attached hydrogens (tertiary/aromatic N) is 1. The predicted octanol–water partition coefficient (Wildman–Crippen LogP) is 1.50. The first-order valence-corrected chi connectivity index (χ1v) is 4.09. The molecule has 0 spiro atoms. The molecule has 0 aliphatic rings. The molecule has 1 heterocycles. The molecule has 72 valence electrons. The van der Waals surface area contributed by atoms with Crippen LogP contribution in [0.1, 0.15) is 5.56 Å². The Morgan fingerprint density at radius 2 is 2.36 bits per heavy atom. The highest BCUT2D eigenvalue weighted by Crippen LogP contribution is 2.14. The van der Waals surface area contributed by atoms with E-state index in [0.717, 1.165) is 0 Å². The van der Waals surface area contributed by atoms with Gasteiger partial charge in [-0.15, -0.1) is 0 Å². The van der Waals surface area contributed by atoms with Gasteiger partial charge in [0.25, 0.3) is 0 Å². The van der Waals surface area contributed by atoms with E-state index in [1.54, 1.807) is 12.1 Å². The van der Waals surface area contributed by atoms with Crippen LogP contribution >= 0.6 is 11.6 Å². The molecule has 0 bridgehead atoms. The number of hydrogen-bond donors (Lipinski definition) is 2.